The monoisotopic (exact) mass is 453 g/mol. The second-order valence-corrected chi connectivity index (χ2v) is 8.78. The van der Waals surface area contributed by atoms with Gasteiger partial charge in [0.15, 0.2) is 0 Å². The molecule has 1 aliphatic heterocycles. The van der Waals surface area contributed by atoms with Gasteiger partial charge in [-0.2, -0.15) is 0 Å². The Morgan fingerprint density at radius 2 is 1.79 bits per heavy atom. The van der Waals surface area contributed by atoms with Crippen molar-refractivity contribution in [3.05, 3.63) is 94.9 Å². The molecular formula is C25H25BrFNO. The number of hydrogen-bond donors (Lipinski definition) is 0. The van der Waals surface area contributed by atoms with E-state index in [4.69, 9.17) is 4.74 Å². The molecule has 4 heteroatoms. The summed E-state index contributed by atoms with van der Waals surface area (Å²) in [5.74, 6) is -0.217. The van der Waals surface area contributed by atoms with Gasteiger partial charge >= 0.3 is 0 Å². The molecule has 0 spiro atoms. The van der Waals surface area contributed by atoms with Crippen LogP contribution in [0.1, 0.15) is 30.1 Å². The van der Waals surface area contributed by atoms with E-state index in [0.29, 0.717) is 0 Å². The quantitative estimate of drug-likeness (QED) is 0.403. The molecule has 3 aromatic carbocycles. The molecule has 0 aromatic heterocycles. The molecular weight excluding hydrogens is 429 g/mol. The van der Waals surface area contributed by atoms with Crippen LogP contribution in [-0.4, -0.2) is 25.0 Å². The highest BCUT2D eigenvalue weighted by atomic mass is 79.9. The first-order valence-corrected chi connectivity index (χ1v) is 10.7. The van der Waals surface area contributed by atoms with E-state index in [-0.39, 0.29) is 17.3 Å². The van der Waals surface area contributed by atoms with Crippen molar-refractivity contribution in [3.8, 4) is 0 Å². The molecule has 0 saturated carbocycles. The minimum Gasteiger partial charge on any atom is -0.493 e. The number of likely N-dealkylation sites (tertiary alicyclic amines) is 1. The van der Waals surface area contributed by atoms with E-state index >= 15 is 0 Å². The first kappa shape index (κ1) is 20.1. The zero-order valence-corrected chi connectivity index (χ0v) is 18.2. The Kier molecular flexibility index (Phi) is 5.75. The van der Waals surface area contributed by atoms with Crippen LogP contribution in [0, 0.1) is 5.82 Å². The second kappa shape index (κ2) is 8.29. The van der Waals surface area contributed by atoms with Gasteiger partial charge in [-0.05, 0) is 73.6 Å². The molecule has 0 aliphatic carbocycles. The molecule has 0 bridgehead atoms. The molecule has 1 atom stereocenters. The Labute approximate surface area is 180 Å². The lowest BCUT2D eigenvalue weighted by atomic mass is 9.66. The Morgan fingerprint density at radius 3 is 2.48 bits per heavy atom. The average Bonchev–Trinajstić information content (AvgIpc) is 2.73. The van der Waals surface area contributed by atoms with Crippen molar-refractivity contribution in [3.63, 3.8) is 0 Å². The third-order valence-corrected chi connectivity index (χ3v) is 6.63. The summed E-state index contributed by atoms with van der Waals surface area (Å²) in [6.45, 7) is 5.79. The van der Waals surface area contributed by atoms with Gasteiger partial charge in [0.2, 0.25) is 0 Å². The van der Waals surface area contributed by atoms with Crippen LogP contribution in [0.25, 0.3) is 10.8 Å². The predicted octanol–water partition coefficient (Wildman–Crippen LogP) is 6.61. The molecule has 0 radical (unpaired) electrons. The van der Waals surface area contributed by atoms with E-state index in [1.54, 1.807) is 18.4 Å². The lowest BCUT2D eigenvalue weighted by molar-refractivity contribution is 0.0235. The molecule has 1 fully saturated rings. The van der Waals surface area contributed by atoms with Crippen molar-refractivity contribution in [2.75, 3.05) is 20.1 Å². The summed E-state index contributed by atoms with van der Waals surface area (Å²) in [7, 11) is 2.15. The van der Waals surface area contributed by atoms with E-state index in [1.165, 1.54) is 5.39 Å². The smallest absolute Gasteiger partial charge is 0.133 e. The molecule has 0 N–H and O–H groups in total. The van der Waals surface area contributed by atoms with Crippen molar-refractivity contribution in [1.29, 1.82) is 0 Å². The number of halogens is 2. The fourth-order valence-corrected chi connectivity index (χ4v) is 5.11. The number of nitrogens with zero attached hydrogens (tertiary/aromatic N) is 1. The summed E-state index contributed by atoms with van der Waals surface area (Å²) in [5, 5.41) is 2.33. The van der Waals surface area contributed by atoms with Gasteiger partial charge in [0.05, 0.1) is 6.26 Å². The number of hydrogen-bond acceptors (Lipinski definition) is 2. The minimum absolute atomic E-state index is 0.217. The molecule has 150 valence electrons. The average molecular weight is 454 g/mol. The van der Waals surface area contributed by atoms with Gasteiger partial charge in [-0.25, -0.2) is 4.39 Å². The SMILES string of the molecule is C=COC(c1cc(Br)cc2ccccc12)C1(c2ccc(F)cc2)CCN(C)CC1. The van der Waals surface area contributed by atoms with Gasteiger partial charge in [-0.1, -0.05) is 58.9 Å². The first-order valence-electron chi connectivity index (χ1n) is 9.93. The summed E-state index contributed by atoms with van der Waals surface area (Å²) >= 11 is 3.68. The lowest BCUT2D eigenvalue weighted by Crippen LogP contribution is -2.45. The maximum Gasteiger partial charge on any atom is 0.133 e. The summed E-state index contributed by atoms with van der Waals surface area (Å²) in [5.41, 5.74) is 1.98. The first-order chi connectivity index (χ1) is 14.0. The minimum atomic E-state index is -0.266. The number of piperidine rings is 1. The van der Waals surface area contributed by atoms with Crippen LogP contribution in [0.2, 0.25) is 0 Å². The van der Waals surface area contributed by atoms with Crippen LogP contribution in [0.3, 0.4) is 0 Å². The Balaban J connectivity index is 1.93. The zero-order chi connectivity index (χ0) is 20.4. The van der Waals surface area contributed by atoms with Gasteiger partial charge in [-0.3, -0.25) is 0 Å². The van der Waals surface area contributed by atoms with E-state index in [0.717, 1.165) is 46.9 Å². The lowest BCUT2D eigenvalue weighted by Gasteiger charge is -2.46. The third-order valence-electron chi connectivity index (χ3n) is 6.17. The van der Waals surface area contributed by atoms with Crippen LogP contribution in [0.15, 0.2) is 78.0 Å². The topological polar surface area (TPSA) is 12.5 Å². The Hall–Kier alpha value is -2.17. The van der Waals surface area contributed by atoms with E-state index in [1.807, 2.05) is 18.2 Å². The van der Waals surface area contributed by atoms with Gasteiger partial charge in [0, 0.05) is 15.5 Å². The summed E-state index contributed by atoms with van der Waals surface area (Å²) in [6.07, 6.45) is 3.17. The van der Waals surface area contributed by atoms with E-state index in [9.17, 15) is 4.39 Å². The maximum absolute atomic E-state index is 13.7. The van der Waals surface area contributed by atoms with Crippen molar-refractivity contribution >= 4 is 26.7 Å². The molecule has 1 heterocycles. The Bertz CT molecular complexity index is 1010. The van der Waals surface area contributed by atoms with Crippen LogP contribution in [0.5, 0.6) is 0 Å². The third kappa shape index (κ3) is 3.84. The van der Waals surface area contributed by atoms with E-state index in [2.05, 4.69) is 64.8 Å². The highest BCUT2D eigenvalue weighted by Gasteiger charge is 2.45. The highest BCUT2D eigenvalue weighted by molar-refractivity contribution is 9.10. The molecule has 1 saturated heterocycles. The standard InChI is InChI=1S/C25H25BrFNO/c1-3-29-24(23-17-20(26)16-18-6-4-5-7-22(18)23)25(12-14-28(2)15-13-25)19-8-10-21(27)11-9-19/h3-11,16-17,24H,1,12-15H2,2H3. The van der Waals surface area contributed by atoms with Crippen molar-refractivity contribution < 1.29 is 9.13 Å². The molecule has 29 heavy (non-hydrogen) atoms. The normalized spacial score (nSPS) is 17.8. The molecule has 1 unspecified atom stereocenters. The van der Waals surface area contributed by atoms with Crippen molar-refractivity contribution in [1.82, 2.24) is 4.90 Å². The number of benzene rings is 3. The van der Waals surface area contributed by atoms with Crippen LogP contribution < -0.4 is 0 Å². The van der Waals surface area contributed by atoms with Crippen LogP contribution in [-0.2, 0) is 10.2 Å². The predicted molar refractivity (Wildman–Crippen MR) is 120 cm³/mol. The molecule has 4 rings (SSSR count). The van der Waals surface area contributed by atoms with Gasteiger partial charge < -0.3 is 9.64 Å². The van der Waals surface area contributed by atoms with Gasteiger partial charge in [0.1, 0.15) is 11.9 Å². The zero-order valence-electron chi connectivity index (χ0n) is 16.6. The van der Waals surface area contributed by atoms with Crippen LogP contribution >= 0.6 is 15.9 Å². The summed E-state index contributed by atoms with van der Waals surface area (Å²) in [6, 6.07) is 19.6. The molecule has 2 nitrogen and oxygen atoms in total. The number of fused-ring (bicyclic) bond motifs is 1. The molecule has 0 amide bonds. The fourth-order valence-electron chi connectivity index (χ4n) is 4.62. The second-order valence-electron chi connectivity index (χ2n) is 7.87. The van der Waals surface area contributed by atoms with Gasteiger partial charge in [-0.15, -0.1) is 0 Å². The van der Waals surface area contributed by atoms with Crippen molar-refractivity contribution in [2.24, 2.45) is 0 Å². The Morgan fingerprint density at radius 1 is 1.10 bits per heavy atom. The largest absolute Gasteiger partial charge is 0.493 e. The highest BCUT2D eigenvalue weighted by Crippen LogP contribution is 2.49. The van der Waals surface area contributed by atoms with Crippen molar-refractivity contribution in [2.45, 2.75) is 24.4 Å². The number of rotatable bonds is 5. The summed E-state index contributed by atoms with van der Waals surface area (Å²) < 4.78 is 21.0. The maximum atomic E-state index is 13.7. The summed E-state index contributed by atoms with van der Waals surface area (Å²) in [4.78, 5) is 2.34. The van der Waals surface area contributed by atoms with E-state index < -0.39 is 0 Å². The fraction of sp³-hybridized carbons (Fsp3) is 0.280. The molecule has 3 aromatic rings. The molecule has 1 aliphatic rings. The van der Waals surface area contributed by atoms with Gasteiger partial charge in [0.25, 0.3) is 0 Å². The van der Waals surface area contributed by atoms with Crippen LogP contribution in [0.4, 0.5) is 4.39 Å². The number of ether oxygens (including phenoxy) is 1.